The Morgan fingerprint density at radius 3 is 2.83 bits per heavy atom. The average Bonchev–Trinajstić information content (AvgIpc) is 3.39. The quantitative estimate of drug-likeness (QED) is 0.544. The van der Waals surface area contributed by atoms with Crippen LogP contribution in [0.2, 0.25) is 0 Å². The number of nitrogens with zero attached hydrogens (tertiary/aromatic N) is 3. The van der Waals surface area contributed by atoms with Crippen LogP contribution in [-0.4, -0.2) is 37.6 Å². The number of aryl methyl sites for hydroxylation is 1. The molecule has 2 N–H and O–H groups in total. The van der Waals surface area contributed by atoms with Gasteiger partial charge in [-0.25, -0.2) is 4.98 Å². The number of nitrogens with one attached hydrogen (secondary N) is 1. The fraction of sp³-hybridized carbons (Fsp3) is 0.174. The molecule has 0 spiro atoms. The van der Waals surface area contributed by atoms with Crippen molar-refractivity contribution in [1.29, 1.82) is 0 Å². The second kappa shape index (κ2) is 7.18. The molecule has 0 saturated heterocycles. The largest absolute Gasteiger partial charge is 0.508 e. The number of carbonyl (C=O) groups is 1. The highest BCUT2D eigenvalue weighted by Gasteiger charge is 2.34. The van der Waals surface area contributed by atoms with Crippen molar-refractivity contribution in [2.24, 2.45) is 0 Å². The maximum atomic E-state index is 13.6. The van der Waals surface area contributed by atoms with Crippen molar-refractivity contribution in [2.75, 3.05) is 6.54 Å². The predicted molar refractivity (Wildman–Crippen MR) is 110 cm³/mol. The maximum Gasteiger partial charge on any atom is 0.260 e. The number of phenols is 1. The predicted octanol–water partition coefficient (Wildman–Crippen LogP) is 3.87. The van der Waals surface area contributed by atoms with Crippen LogP contribution in [0.5, 0.6) is 5.75 Å². The maximum absolute atomic E-state index is 13.6. The number of benzene rings is 2. The zero-order valence-corrected chi connectivity index (χ0v) is 16.4. The lowest BCUT2D eigenvalue weighted by Crippen LogP contribution is -2.39. The van der Waals surface area contributed by atoms with E-state index in [0.717, 1.165) is 22.5 Å². The summed E-state index contributed by atoms with van der Waals surface area (Å²) in [6, 6.07) is 16.6. The van der Waals surface area contributed by atoms with Crippen LogP contribution in [0.1, 0.15) is 39.0 Å². The van der Waals surface area contributed by atoms with Crippen LogP contribution in [0, 0.1) is 6.92 Å². The highest BCUT2D eigenvalue weighted by Crippen LogP contribution is 2.35. The van der Waals surface area contributed by atoms with E-state index in [4.69, 9.17) is 4.52 Å². The van der Waals surface area contributed by atoms with Gasteiger partial charge in [0.2, 0.25) is 0 Å². The van der Waals surface area contributed by atoms with Gasteiger partial charge in [-0.3, -0.25) is 4.79 Å². The van der Waals surface area contributed by atoms with Gasteiger partial charge in [-0.2, -0.15) is 0 Å². The molecule has 1 aliphatic rings. The molecule has 0 fully saturated rings. The van der Waals surface area contributed by atoms with Gasteiger partial charge in [0, 0.05) is 18.0 Å². The first-order valence-electron chi connectivity index (χ1n) is 9.74. The lowest BCUT2D eigenvalue weighted by Gasteiger charge is -2.32. The Morgan fingerprint density at radius 1 is 1.20 bits per heavy atom. The van der Waals surface area contributed by atoms with E-state index in [1.54, 1.807) is 36.4 Å². The molecule has 7 nitrogen and oxygen atoms in total. The van der Waals surface area contributed by atoms with Gasteiger partial charge in [0.1, 0.15) is 22.8 Å². The Bertz CT molecular complexity index is 1210. The van der Waals surface area contributed by atoms with Gasteiger partial charge >= 0.3 is 0 Å². The van der Waals surface area contributed by atoms with Crippen LogP contribution in [0.25, 0.3) is 11.3 Å². The van der Waals surface area contributed by atoms with E-state index in [1.807, 2.05) is 36.4 Å². The summed E-state index contributed by atoms with van der Waals surface area (Å²) in [5.41, 5.74) is 4.54. The summed E-state index contributed by atoms with van der Waals surface area (Å²) >= 11 is 0. The molecule has 1 amide bonds. The van der Waals surface area contributed by atoms with Crippen LogP contribution in [0.4, 0.5) is 0 Å². The zero-order chi connectivity index (χ0) is 20.7. The van der Waals surface area contributed by atoms with Gasteiger partial charge in [0.25, 0.3) is 5.91 Å². The van der Waals surface area contributed by atoms with Crippen molar-refractivity contribution in [2.45, 2.75) is 19.4 Å². The number of hydrogen-bond donors (Lipinski definition) is 2. The molecule has 2 aromatic carbocycles. The van der Waals surface area contributed by atoms with Crippen LogP contribution in [0.15, 0.2) is 65.4 Å². The third kappa shape index (κ3) is 3.04. The molecule has 30 heavy (non-hydrogen) atoms. The number of aromatic amines is 1. The Balaban J connectivity index is 1.53. The number of carbonyl (C=O) groups excluding carboxylic acids is 1. The van der Waals surface area contributed by atoms with Crippen LogP contribution in [-0.2, 0) is 6.54 Å². The molecule has 150 valence electrons. The van der Waals surface area contributed by atoms with Crippen molar-refractivity contribution in [1.82, 2.24) is 20.0 Å². The second-order valence-electron chi connectivity index (χ2n) is 7.43. The number of H-pyrrole nitrogens is 1. The number of phenolic OH excluding ortho intramolecular Hbond substituents is 1. The molecule has 0 bridgehead atoms. The van der Waals surface area contributed by atoms with E-state index in [2.05, 4.69) is 15.1 Å². The fourth-order valence-electron chi connectivity index (χ4n) is 4.06. The number of amides is 1. The molecular weight excluding hydrogens is 380 g/mol. The smallest absolute Gasteiger partial charge is 0.260 e. The monoisotopic (exact) mass is 400 g/mol. The second-order valence-corrected chi connectivity index (χ2v) is 7.43. The molecule has 0 saturated carbocycles. The lowest BCUT2D eigenvalue weighted by atomic mass is 9.90. The SMILES string of the molecule is Cc1onc(-c2ccccc2)c1C(=O)N1Cc2[nH]cnc2C(c2cccc(O)c2)C1. The fourth-order valence-corrected chi connectivity index (χ4v) is 4.06. The number of rotatable bonds is 3. The minimum absolute atomic E-state index is 0.141. The molecule has 1 unspecified atom stereocenters. The molecule has 7 heteroatoms. The normalized spacial score (nSPS) is 15.8. The Morgan fingerprint density at radius 2 is 2.03 bits per heavy atom. The summed E-state index contributed by atoms with van der Waals surface area (Å²) in [4.78, 5) is 23.0. The first-order chi connectivity index (χ1) is 14.6. The zero-order valence-electron chi connectivity index (χ0n) is 16.4. The Kier molecular flexibility index (Phi) is 4.35. The van der Waals surface area contributed by atoms with Gasteiger partial charge < -0.3 is 19.5 Å². The van der Waals surface area contributed by atoms with Gasteiger partial charge in [-0.1, -0.05) is 47.6 Å². The minimum Gasteiger partial charge on any atom is -0.508 e. The molecule has 0 radical (unpaired) electrons. The van der Waals surface area contributed by atoms with E-state index < -0.39 is 0 Å². The number of imidazole rings is 1. The van der Waals surface area contributed by atoms with Crippen LogP contribution >= 0.6 is 0 Å². The molecule has 3 heterocycles. The van der Waals surface area contributed by atoms with Crippen LogP contribution in [0.3, 0.4) is 0 Å². The summed E-state index contributed by atoms with van der Waals surface area (Å²) in [5.74, 6) is 0.395. The van der Waals surface area contributed by atoms with Gasteiger partial charge in [0.15, 0.2) is 0 Å². The van der Waals surface area contributed by atoms with Crippen molar-refractivity contribution < 1.29 is 14.4 Å². The summed E-state index contributed by atoms with van der Waals surface area (Å²) in [6.07, 6.45) is 1.65. The van der Waals surface area contributed by atoms with Gasteiger partial charge in [-0.05, 0) is 24.6 Å². The highest BCUT2D eigenvalue weighted by molar-refractivity contribution is 6.01. The van der Waals surface area contributed by atoms with E-state index in [-0.39, 0.29) is 17.6 Å². The highest BCUT2D eigenvalue weighted by atomic mass is 16.5. The Labute approximate surface area is 173 Å². The topological polar surface area (TPSA) is 95.3 Å². The van der Waals surface area contributed by atoms with Crippen LogP contribution < -0.4 is 0 Å². The third-order valence-corrected chi connectivity index (χ3v) is 5.52. The first kappa shape index (κ1) is 18.2. The third-order valence-electron chi connectivity index (χ3n) is 5.52. The first-order valence-corrected chi connectivity index (χ1v) is 9.74. The number of hydrogen-bond acceptors (Lipinski definition) is 5. The van der Waals surface area contributed by atoms with E-state index in [1.165, 1.54) is 0 Å². The summed E-state index contributed by atoms with van der Waals surface area (Å²) in [6.45, 7) is 2.62. The van der Waals surface area contributed by atoms with E-state index >= 15 is 0 Å². The molecule has 2 aromatic heterocycles. The summed E-state index contributed by atoms with van der Waals surface area (Å²) in [7, 11) is 0. The van der Waals surface area contributed by atoms with Gasteiger partial charge in [0.05, 0.1) is 24.3 Å². The molecule has 4 aromatic rings. The van der Waals surface area contributed by atoms with Crippen molar-refractivity contribution in [3.05, 3.63) is 89.2 Å². The minimum atomic E-state index is -0.142. The molecule has 0 aliphatic carbocycles. The molecule has 1 aliphatic heterocycles. The van der Waals surface area contributed by atoms with Crippen molar-refractivity contribution >= 4 is 5.91 Å². The summed E-state index contributed by atoms with van der Waals surface area (Å²) < 4.78 is 5.39. The number of aromatic hydroxyl groups is 1. The van der Waals surface area contributed by atoms with E-state index in [0.29, 0.717) is 30.1 Å². The molecule has 5 rings (SSSR count). The standard InChI is InChI=1S/C23H20N4O3/c1-14-20(21(26-30-14)15-6-3-2-4-7-15)23(29)27-11-18(16-8-5-9-17(28)10-16)22-19(12-27)24-13-25-22/h2-10,13,18,28H,11-12H2,1H3,(H,24,25). The summed E-state index contributed by atoms with van der Waals surface area (Å²) in [5, 5.41) is 14.1. The number of fused-ring (bicyclic) bond motifs is 1. The molecule has 1 atom stereocenters. The van der Waals surface area contributed by atoms with Crippen molar-refractivity contribution in [3.63, 3.8) is 0 Å². The number of aromatic nitrogens is 3. The van der Waals surface area contributed by atoms with Gasteiger partial charge in [-0.15, -0.1) is 0 Å². The Hall–Kier alpha value is -3.87. The lowest BCUT2D eigenvalue weighted by molar-refractivity contribution is 0.0720. The van der Waals surface area contributed by atoms with Crippen molar-refractivity contribution in [3.8, 4) is 17.0 Å². The average molecular weight is 400 g/mol. The van der Waals surface area contributed by atoms with E-state index in [9.17, 15) is 9.90 Å². The molecular formula is C23H20N4O3.